The van der Waals surface area contributed by atoms with Gasteiger partial charge in [-0.25, -0.2) is 9.79 Å². The second kappa shape index (κ2) is 13.0. The minimum Gasteiger partial charge on any atom is -0.493 e. The number of thiazole rings is 1. The highest BCUT2D eigenvalue weighted by Crippen LogP contribution is 2.31. The molecule has 0 unspecified atom stereocenters. The molecule has 0 saturated carbocycles. The van der Waals surface area contributed by atoms with Gasteiger partial charge in [0.05, 0.1) is 41.1 Å². The Kier molecular flexibility index (Phi) is 9.14. The third-order valence-electron chi connectivity index (χ3n) is 6.59. The fourth-order valence-corrected chi connectivity index (χ4v) is 6.08. The first kappa shape index (κ1) is 30.3. The summed E-state index contributed by atoms with van der Waals surface area (Å²) in [6.07, 6.45) is 1.72. The molecule has 0 bridgehead atoms. The van der Waals surface area contributed by atoms with Gasteiger partial charge in [0.15, 0.2) is 22.9 Å². The molecule has 2 heterocycles. The van der Waals surface area contributed by atoms with Gasteiger partial charge in [0.25, 0.3) is 11.5 Å². The molecular formula is C31H25BrClN3O6S. The molecule has 220 valence electrons. The number of methoxy groups -OCH3 is 2. The van der Waals surface area contributed by atoms with Gasteiger partial charge in [0.2, 0.25) is 0 Å². The van der Waals surface area contributed by atoms with E-state index < -0.39 is 12.0 Å². The zero-order valence-electron chi connectivity index (χ0n) is 23.2. The fourth-order valence-electron chi connectivity index (χ4n) is 4.60. The van der Waals surface area contributed by atoms with E-state index >= 15 is 0 Å². The highest BCUT2D eigenvalue weighted by Gasteiger charge is 2.32. The molecule has 0 spiro atoms. The van der Waals surface area contributed by atoms with E-state index in [-0.39, 0.29) is 18.1 Å². The number of hydrogen-bond donors (Lipinski definition) is 1. The first-order chi connectivity index (χ1) is 20.7. The maximum Gasteiger partial charge on any atom is 0.338 e. The van der Waals surface area contributed by atoms with Crippen LogP contribution in [0.15, 0.2) is 92.3 Å². The molecule has 1 N–H and O–H groups in total. The number of anilines is 1. The zero-order valence-corrected chi connectivity index (χ0v) is 26.4. The number of hydrogen-bond acceptors (Lipinski definition) is 8. The van der Waals surface area contributed by atoms with Crippen LogP contribution in [0.2, 0.25) is 5.02 Å². The van der Waals surface area contributed by atoms with E-state index in [9.17, 15) is 14.4 Å². The summed E-state index contributed by atoms with van der Waals surface area (Å²) in [5, 5.41) is 3.20. The van der Waals surface area contributed by atoms with Crippen LogP contribution in [-0.4, -0.2) is 37.3 Å². The van der Waals surface area contributed by atoms with E-state index in [0.29, 0.717) is 48.4 Å². The lowest BCUT2D eigenvalue weighted by molar-refractivity contribution is -0.136. The molecule has 1 aliphatic rings. The molecule has 43 heavy (non-hydrogen) atoms. The van der Waals surface area contributed by atoms with E-state index in [0.717, 1.165) is 10.0 Å². The van der Waals surface area contributed by atoms with Crippen LogP contribution in [0.3, 0.4) is 0 Å². The van der Waals surface area contributed by atoms with Gasteiger partial charge in [-0.15, -0.1) is 0 Å². The Balaban J connectivity index is 1.43. The minimum atomic E-state index is -0.683. The van der Waals surface area contributed by atoms with Gasteiger partial charge in [0.1, 0.15) is 0 Å². The van der Waals surface area contributed by atoms with Crippen LogP contribution in [0, 0.1) is 0 Å². The van der Waals surface area contributed by atoms with Crippen molar-refractivity contribution >= 4 is 62.5 Å². The van der Waals surface area contributed by atoms with Gasteiger partial charge >= 0.3 is 5.97 Å². The summed E-state index contributed by atoms with van der Waals surface area (Å²) in [7, 11) is 2.79. The number of carbonyl (C=O) groups is 2. The lowest BCUT2D eigenvalue weighted by Gasteiger charge is -2.24. The van der Waals surface area contributed by atoms with E-state index in [1.54, 1.807) is 49.4 Å². The monoisotopic (exact) mass is 681 g/mol. The molecule has 1 aromatic heterocycles. The molecule has 4 aromatic rings. The number of ether oxygens (including phenoxy) is 3. The van der Waals surface area contributed by atoms with Crippen LogP contribution < -0.4 is 29.7 Å². The number of amides is 1. The topological polar surface area (TPSA) is 108 Å². The quantitative estimate of drug-likeness (QED) is 0.267. The summed E-state index contributed by atoms with van der Waals surface area (Å²) in [5.74, 6) is -0.182. The molecule has 1 aliphatic heterocycles. The first-order valence-electron chi connectivity index (χ1n) is 12.9. The summed E-state index contributed by atoms with van der Waals surface area (Å²) in [6, 6.07) is 18.8. The van der Waals surface area contributed by atoms with Gasteiger partial charge in [-0.05, 0) is 70.4 Å². The van der Waals surface area contributed by atoms with Crippen molar-refractivity contribution in [3.8, 4) is 11.5 Å². The molecule has 0 radical (unpaired) electrons. The van der Waals surface area contributed by atoms with E-state index in [4.69, 9.17) is 25.8 Å². The fraction of sp³-hybridized carbons (Fsp3) is 0.161. The predicted molar refractivity (Wildman–Crippen MR) is 168 cm³/mol. The molecule has 9 nitrogen and oxygen atoms in total. The molecule has 5 rings (SSSR count). The number of nitrogens with one attached hydrogen (secondary N) is 1. The van der Waals surface area contributed by atoms with Crippen molar-refractivity contribution in [1.29, 1.82) is 0 Å². The molecule has 0 aliphatic carbocycles. The third kappa shape index (κ3) is 6.43. The standard InChI is InChI=1S/C31H25BrClN3O6S/c1-17-27(30(39)41-3)28(19-7-5-4-6-8-19)36-29(38)25(43-31(36)34-17)14-18-9-12-23(24(13-18)40-2)42-16-26(37)35-20-10-11-21(32)22(33)15-20/h4-15,28H,16H2,1-3H3,(H,35,37)/b25-14+/t28-/m0/s1. The van der Waals surface area contributed by atoms with Crippen molar-refractivity contribution < 1.29 is 23.8 Å². The highest BCUT2D eigenvalue weighted by molar-refractivity contribution is 9.10. The van der Waals surface area contributed by atoms with Crippen molar-refractivity contribution in [3.05, 3.63) is 118 Å². The molecule has 3 aromatic carbocycles. The van der Waals surface area contributed by atoms with Crippen molar-refractivity contribution in [2.45, 2.75) is 13.0 Å². The average Bonchev–Trinajstić information content (AvgIpc) is 3.31. The van der Waals surface area contributed by atoms with Crippen LogP contribution in [0.25, 0.3) is 6.08 Å². The number of allylic oxidation sites excluding steroid dienone is 1. The SMILES string of the molecule is COC(=O)C1=C(C)N=c2s/c(=C/c3ccc(OCC(=O)Nc4ccc(Br)c(Cl)c4)c(OC)c3)c(=O)n2[C@H]1c1ccccc1. The highest BCUT2D eigenvalue weighted by atomic mass is 79.9. The van der Waals surface area contributed by atoms with Gasteiger partial charge in [-0.3, -0.25) is 14.2 Å². The normalized spacial score (nSPS) is 14.5. The lowest BCUT2D eigenvalue weighted by Crippen LogP contribution is -2.39. The Morgan fingerprint density at radius 3 is 2.56 bits per heavy atom. The van der Waals surface area contributed by atoms with Crippen molar-refractivity contribution in [2.24, 2.45) is 4.99 Å². The Labute approximate surface area is 263 Å². The molecule has 1 atom stereocenters. The van der Waals surface area contributed by atoms with Crippen LogP contribution in [0.5, 0.6) is 11.5 Å². The largest absolute Gasteiger partial charge is 0.493 e. The minimum absolute atomic E-state index is 0.261. The second-order valence-electron chi connectivity index (χ2n) is 9.36. The Hall–Kier alpha value is -4.19. The number of benzene rings is 3. The lowest BCUT2D eigenvalue weighted by atomic mass is 9.96. The zero-order chi connectivity index (χ0) is 30.7. The summed E-state index contributed by atoms with van der Waals surface area (Å²) in [5.41, 5.74) is 2.47. The van der Waals surface area contributed by atoms with Crippen LogP contribution in [0.4, 0.5) is 5.69 Å². The van der Waals surface area contributed by atoms with E-state index in [2.05, 4.69) is 26.2 Å². The predicted octanol–water partition coefficient (Wildman–Crippen LogP) is 4.85. The van der Waals surface area contributed by atoms with E-state index in [1.165, 1.54) is 30.1 Å². The van der Waals surface area contributed by atoms with Gasteiger partial charge < -0.3 is 19.5 Å². The van der Waals surface area contributed by atoms with E-state index in [1.807, 2.05) is 30.3 Å². The summed E-state index contributed by atoms with van der Waals surface area (Å²) >= 11 is 10.6. The molecule has 0 saturated heterocycles. The number of halogens is 2. The van der Waals surface area contributed by atoms with Crippen LogP contribution in [-0.2, 0) is 14.3 Å². The molecule has 12 heteroatoms. The number of esters is 1. The van der Waals surface area contributed by atoms with Crippen LogP contribution >= 0.6 is 38.9 Å². The van der Waals surface area contributed by atoms with Gasteiger partial charge in [-0.1, -0.05) is 59.3 Å². The maximum absolute atomic E-state index is 13.7. The van der Waals surface area contributed by atoms with Gasteiger partial charge in [-0.2, -0.15) is 0 Å². The summed E-state index contributed by atoms with van der Waals surface area (Å²) in [6.45, 7) is 1.47. The number of rotatable bonds is 8. The number of nitrogens with zero attached hydrogens (tertiary/aromatic N) is 2. The van der Waals surface area contributed by atoms with Gasteiger partial charge in [0, 0.05) is 10.2 Å². The average molecular weight is 683 g/mol. The smallest absolute Gasteiger partial charge is 0.338 e. The molecule has 1 amide bonds. The van der Waals surface area contributed by atoms with Crippen molar-refractivity contribution in [3.63, 3.8) is 0 Å². The third-order valence-corrected chi connectivity index (χ3v) is 8.81. The molecule has 0 fully saturated rings. The maximum atomic E-state index is 13.7. The summed E-state index contributed by atoms with van der Waals surface area (Å²) in [4.78, 5) is 44.0. The van der Waals surface area contributed by atoms with Crippen LogP contribution in [0.1, 0.15) is 24.1 Å². The van der Waals surface area contributed by atoms with Crippen molar-refractivity contribution in [2.75, 3.05) is 26.1 Å². The van der Waals surface area contributed by atoms with Crippen molar-refractivity contribution in [1.82, 2.24) is 4.57 Å². The number of aromatic nitrogens is 1. The Bertz CT molecular complexity index is 1940. The first-order valence-corrected chi connectivity index (χ1v) is 14.9. The number of fused-ring (bicyclic) bond motifs is 1. The number of carbonyl (C=O) groups excluding carboxylic acids is 2. The molecular weight excluding hydrogens is 658 g/mol. The second-order valence-corrected chi connectivity index (χ2v) is 11.6. The Morgan fingerprint density at radius 1 is 1.09 bits per heavy atom. The summed E-state index contributed by atoms with van der Waals surface area (Å²) < 4.78 is 18.9. The Morgan fingerprint density at radius 2 is 1.86 bits per heavy atom.